The second kappa shape index (κ2) is 5.19. The molecule has 0 bridgehead atoms. The quantitative estimate of drug-likeness (QED) is 0.921. The highest BCUT2D eigenvalue weighted by molar-refractivity contribution is 9.10. The Hall–Kier alpha value is -0.540. The van der Waals surface area contributed by atoms with E-state index in [2.05, 4.69) is 40.3 Å². The lowest BCUT2D eigenvalue weighted by Gasteiger charge is -2.14. The number of benzene rings is 1. The molecule has 1 fully saturated rings. The molecule has 0 amide bonds. The van der Waals surface area contributed by atoms with Crippen LogP contribution in [0.25, 0.3) is 0 Å². The Balaban J connectivity index is 2.18. The molecule has 0 saturated carbocycles. The van der Waals surface area contributed by atoms with E-state index in [1.807, 2.05) is 0 Å². The molecule has 88 valence electrons. The Kier molecular flexibility index (Phi) is 3.87. The zero-order valence-electron chi connectivity index (χ0n) is 9.85. The van der Waals surface area contributed by atoms with Crippen molar-refractivity contribution in [3.63, 3.8) is 0 Å². The minimum Gasteiger partial charge on any atom is -0.496 e. The summed E-state index contributed by atoms with van der Waals surface area (Å²) in [6.45, 7) is 4.48. The molecule has 1 aromatic carbocycles. The Morgan fingerprint density at radius 3 is 2.94 bits per heavy atom. The van der Waals surface area contributed by atoms with Crippen molar-refractivity contribution in [1.29, 1.82) is 0 Å². The van der Waals surface area contributed by atoms with Gasteiger partial charge in [0.25, 0.3) is 0 Å². The fourth-order valence-electron chi connectivity index (χ4n) is 2.28. The summed E-state index contributed by atoms with van der Waals surface area (Å²) in [5, 5.41) is 3.41. The van der Waals surface area contributed by atoms with Crippen LogP contribution in [-0.2, 0) is 6.42 Å². The molecule has 2 rings (SSSR count). The maximum atomic E-state index is 5.29. The molecule has 1 unspecified atom stereocenters. The normalized spacial score (nSPS) is 20.1. The van der Waals surface area contributed by atoms with Gasteiger partial charge in [0, 0.05) is 0 Å². The van der Waals surface area contributed by atoms with Gasteiger partial charge in [0.05, 0.1) is 11.6 Å². The summed E-state index contributed by atoms with van der Waals surface area (Å²) in [6.07, 6.45) is 2.46. The first-order valence-corrected chi connectivity index (χ1v) is 6.54. The van der Waals surface area contributed by atoms with Crippen LogP contribution in [0.15, 0.2) is 16.6 Å². The SMILES string of the molecule is COc1ccc(CC2CCNC2)c(C)c1Br. The fraction of sp³-hybridized carbons (Fsp3) is 0.538. The molecular formula is C13H18BrNO. The maximum Gasteiger partial charge on any atom is 0.133 e. The first-order chi connectivity index (χ1) is 7.72. The summed E-state index contributed by atoms with van der Waals surface area (Å²) >= 11 is 3.60. The molecule has 16 heavy (non-hydrogen) atoms. The van der Waals surface area contributed by atoms with Crippen LogP contribution in [0.4, 0.5) is 0 Å². The van der Waals surface area contributed by atoms with E-state index < -0.39 is 0 Å². The molecule has 1 atom stereocenters. The van der Waals surface area contributed by atoms with Crippen LogP contribution in [0, 0.1) is 12.8 Å². The summed E-state index contributed by atoms with van der Waals surface area (Å²) in [7, 11) is 1.71. The number of nitrogens with one attached hydrogen (secondary N) is 1. The van der Waals surface area contributed by atoms with E-state index in [1.165, 1.54) is 30.5 Å². The average molecular weight is 284 g/mol. The van der Waals surface area contributed by atoms with E-state index in [1.54, 1.807) is 7.11 Å². The lowest BCUT2D eigenvalue weighted by Crippen LogP contribution is -2.11. The van der Waals surface area contributed by atoms with Crippen LogP contribution in [0.3, 0.4) is 0 Å². The standard InChI is InChI=1S/C13H18BrNO/c1-9-11(7-10-5-6-15-8-10)3-4-12(16-2)13(9)14/h3-4,10,15H,5-8H2,1-2H3. The van der Waals surface area contributed by atoms with E-state index in [0.29, 0.717) is 0 Å². The highest BCUT2D eigenvalue weighted by Crippen LogP contribution is 2.31. The zero-order chi connectivity index (χ0) is 11.5. The van der Waals surface area contributed by atoms with Gasteiger partial charge in [-0.05, 0) is 71.9 Å². The number of ether oxygens (including phenoxy) is 1. The Morgan fingerprint density at radius 1 is 1.50 bits per heavy atom. The van der Waals surface area contributed by atoms with Crippen molar-refractivity contribution in [3.05, 3.63) is 27.7 Å². The minimum absolute atomic E-state index is 0.791. The molecule has 0 spiro atoms. The lowest BCUT2D eigenvalue weighted by molar-refractivity contribution is 0.411. The predicted octanol–water partition coefficient (Wildman–Crippen LogP) is 2.92. The summed E-state index contributed by atoms with van der Waals surface area (Å²) in [5.41, 5.74) is 2.74. The molecule has 1 aliphatic heterocycles. The Labute approximate surface area is 106 Å². The van der Waals surface area contributed by atoms with Gasteiger partial charge in [0.15, 0.2) is 0 Å². The summed E-state index contributed by atoms with van der Waals surface area (Å²) < 4.78 is 6.39. The van der Waals surface area contributed by atoms with Crippen LogP contribution in [-0.4, -0.2) is 20.2 Å². The van der Waals surface area contributed by atoms with Gasteiger partial charge in [-0.25, -0.2) is 0 Å². The molecule has 1 N–H and O–H groups in total. The van der Waals surface area contributed by atoms with Gasteiger partial charge >= 0.3 is 0 Å². The van der Waals surface area contributed by atoms with E-state index in [4.69, 9.17) is 4.74 Å². The second-order valence-electron chi connectivity index (χ2n) is 4.43. The van der Waals surface area contributed by atoms with Gasteiger partial charge in [0.1, 0.15) is 5.75 Å². The molecule has 0 aromatic heterocycles. The molecule has 0 aliphatic carbocycles. The fourth-order valence-corrected chi connectivity index (χ4v) is 2.83. The highest BCUT2D eigenvalue weighted by Gasteiger charge is 2.17. The minimum atomic E-state index is 0.791. The largest absolute Gasteiger partial charge is 0.496 e. The molecule has 0 radical (unpaired) electrons. The van der Waals surface area contributed by atoms with Gasteiger partial charge < -0.3 is 10.1 Å². The predicted molar refractivity (Wildman–Crippen MR) is 70.1 cm³/mol. The molecule has 1 heterocycles. The van der Waals surface area contributed by atoms with E-state index in [-0.39, 0.29) is 0 Å². The highest BCUT2D eigenvalue weighted by atomic mass is 79.9. The van der Waals surface area contributed by atoms with Gasteiger partial charge in [-0.2, -0.15) is 0 Å². The second-order valence-corrected chi connectivity index (χ2v) is 5.22. The van der Waals surface area contributed by atoms with Crippen molar-refractivity contribution in [3.8, 4) is 5.75 Å². The average Bonchev–Trinajstić information content (AvgIpc) is 2.78. The van der Waals surface area contributed by atoms with Crippen LogP contribution >= 0.6 is 15.9 Å². The number of rotatable bonds is 3. The lowest BCUT2D eigenvalue weighted by atomic mass is 9.95. The summed E-state index contributed by atoms with van der Waals surface area (Å²) in [4.78, 5) is 0. The number of halogens is 1. The van der Waals surface area contributed by atoms with Crippen molar-refractivity contribution in [2.24, 2.45) is 5.92 Å². The van der Waals surface area contributed by atoms with Crippen LogP contribution in [0.5, 0.6) is 5.75 Å². The number of methoxy groups -OCH3 is 1. The van der Waals surface area contributed by atoms with Gasteiger partial charge in [0.2, 0.25) is 0 Å². The molecular weight excluding hydrogens is 266 g/mol. The maximum absolute atomic E-state index is 5.29. The smallest absolute Gasteiger partial charge is 0.133 e. The summed E-state index contributed by atoms with van der Waals surface area (Å²) in [6, 6.07) is 4.24. The molecule has 1 saturated heterocycles. The first kappa shape index (κ1) is 11.9. The van der Waals surface area contributed by atoms with E-state index in [9.17, 15) is 0 Å². The third-order valence-corrected chi connectivity index (χ3v) is 4.34. The Bertz CT molecular complexity index is 372. The van der Waals surface area contributed by atoms with Crippen LogP contribution in [0.2, 0.25) is 0 Å². The van der Waals surface area contributed by atoms with Crippen LogP contribution < -0.4 is 10.1 Å². The van der Waals surface area contributed by atoms with Crippen molar-refractivity contribution in [2.75, 3.05) is 20.2 Å². The molecule has 1 aromatic rings. The monoisotopic (exact) mass is 283 g/mol. The van der Waals surface area contributed by atoms with Gasteiger partial charge in [-0.1, -0.05) is 6.07 Å². The third-order valence-electron chi connectivity index (χ3n) is 3.35. The topological polar surface area (TPSA) is 21.3 Å². The van der Waals surface area contributed by atoms with E-state index >= 15 is 0 Å². The van der Waals surface area contributed by atoms with Crippen molar-refractivity contribution in [1.82, 2.24) is 5.32 Å². The summed E-state index contributed by atoms with van der Waals surface area (Å²) in [5.74, 6) is 1.71. The van der Waals surface area contributed by atoms with Crippen molar-refractivity contribution in [2.45, 2.75) is 19.8 Å². The molecule has 3 heteroatoms. The molecule has 2 nitrogen and oxygen atoms in total. The first-order valence-electron chi connectivity index (χ1n) is 5.75. The number of hydrogen-bond acceptors (Lipinski definition) is 2. The third kappa shape index (κ3) is 2.41. The van der Waals surface area contributed by atoms with Crippen molar-refractivity contribution < 1.29 is 4.74 Å². The Morgan fingerprint density at radius 2 is 2.31 bits per heavy atom. The van der Waals surface area contributed by atoms with Gasteiger partial charge in [-0.3, -0.25) is 0 Å². The van der Waals surface area contributed by atoms with E-state index in [0.717, 1.165) is 22.7 Å². The number of hydrogen-bond donors (Lipinski definition) is 1. The van der Waals surface area contributed by atoms with Crippen LogP contribution in [0.1, 0.15) is 17.5 Å². The molecule has 1 aliphatic rings. The van der Waals surface area contributed by atoms with Gasteiger partial charge in [-0.15, -0.1) is 0 Å². The van der Waals surface area contributed by atoms with Crippen molar-refractivity contribution >= 4 is 15.9 Å². The zero-order valence-corrected chi connectivity index (χ0v) is 11.4.